The van der Waals surface area contributed by atoms with Crippen molar-refractivity contribution in [3.8, 4) is 11.4 Å². The van der Waals surface area contributed by atoms with Crippen molar-refractivity contribution in [2.24, 2.45) is 0 Å². The Morgan fingerprint density at radius 2 is 1.48 bits per heavy atom. The molecule has 0 unspecified atom stereocenters. The quantitative estimate of drug-likeness (QED) is 0.396. The van der Waals surface area contributed by atoms with Gasteiger partial charge in [-0.15, -0.1) is 0 Å². The van der Waals surface area contributed by atoms with Crippen LogP contribution in [0.4, 0.5) is 22.0 Å². The number of likely N-dealkylation sites (tertiary alicyclic amines) is 1. The van der Waals surface area contributed by atoms with Crippen molar-refractivity contribution >= 4 is 39.2 Å². The van der Waals surface area contributed by atoms with Crippen LogP contribution in [-0.4, -0.2) is 110 Å². The standard InChI is InChI=1S/C32H40N8O5S/c1-37(2)26-12-14-39(15-13-26)31(41)23-6-10-25(11-7-23)34-32(42)33-24-8-4-22(5-9-24)29-35-28-21-40(46(3,43)44)20-27(28)30(36-29)38-16-18-45-19-17-38/h4-11,26H,12-21H2,1-3H3,(H2,33,34,42). The molecule has 2 saturated heterocycles. The van der Waals surface area contributed by atoms with Gasteiger partial charge in [0.15, 0.2) is 5.82 Å². The second-order valence-electron chi connectivity index (χ2n) is 12.1. The number of hydrogen-bond donors (Lipinski definition) is 2. The summed E-state index contributed by atoms with van der Waals surface area (Å²) in [5.41, 5.74) is 4.01. The molecular weight excluding hydrogens is 608 g/mol. The van der Waals surface area contributed by atoms with Crippen LogP contribution < -0.4 is 15.5 Å². The molecule has 0 radical (unpaired) electrons. The van der Waals surface area contributed by atoms with Gasteiger partial charge in [0.25, 0.3) is 5.91 Å². The highest BCUT2D eigenvalue weighted by Crippen LogP contribution is 2.33. The van der Waals surface area contributed by atoms with E-state index in [4.69, 9.17) is 14.7 Å². The monoisotopic (exact) mass is 648 g/mol. The second-order valence-corrected chi connectivity index (χ2v) is 14.1. The summed E-state index contributed by atoms with van der Waals surface area (Å²) in [5, 5.41) is 5.65. The first-order valence-electron chi connectivity index (χ1n) is 15.5. The Balaban J connectivity index is 1.09. The predicted octanol–water partition coefficient (Wildman–Crippen LogP) is 3.07. The molecule has 4 heterocycles. The third-order valence-corrected chi connectivity index (χ3v) is 9.98. The van der Waals surface area contributed by atoms with Gasteiger partial charge in [-0.3, -0.25) is 4.79 Å². The Labute approximate surface area is 269 Å². The molecule has 2 N–H and O–H groups in total. The van der Waals surface area contributed by atoms with Gasteiger partial charge >= 0.3 is 6.03 Å². The molecule has 6 rings (SSSR count). The molecule has 13 nitrogen and oxygen atoms in total. The minimum atomic E-state index is -3.39. The lowest BCUT2D eigenvalue weighted by atomic mass is 10.0. The van der Waals surface area contributed by atoms with Gasteiger partial charge in [-0.1, -0.05) is 0 Å². The lowest BCUT2D eigenvalue weighted by Gasteiger charge is -2.35. The third kappa shape index (κ3) is 7.15. The molecule has 0 saturated carbocycles. The molecule has 3 aliphatic heterocycles. The maximum atomic E-state index is 13.0. The summed E-state index contributed by atoms with van der Waals surface area (Å²) >= 11 is 0. The number of hydrogen-bond acceptors (Lipinski definition) is 9. The molecule has 0 bridgehead atoms. The fourth-order valence-electron chi connectivity index (χ4n) is 6.07. The van der Waals surface area contributed by atoms with Crippen LogP contribution in [-0.2, 0) is 27.8 Å². The summed E-state index contributed by atoms with van der Waals surface area (Å²) in [6.45, 7) is 4.38. The summed E-state index contributed by atoms with van der Waals surface area (Å²) < 4.78 is 31.5. The van der Waals surface area contributed by atoms with Crippen molar-refractivity contribution < 1.29 is 22.7 Å². The summed E-state index contributed by atoms with van der Waals surface area (Å²) in [7, 11) is 0.755. The normalized spacial score (nSPS) is 17.7. The zero-order valence-corrected chi connectivity index (χ0v) is 27.2. The van der Waals surface area contributed by atoms with E-state index < -0.39 is 16.1 Å². The first-order valence-corrected chi connectivity index (χ1v) is 17.3. The Hall–Kier alpha value is -4.11. The highest BCUT2D eigenvalue weighted by Gasteiger charge is 2.33. The Morgan fingerprint density at radius 3 is 2.07 bits per heavy atom. The van der Waals surface area contributed by atoms with Crippen LogP contribution in [0.5, 0.6) is 0 Å². The predicted molar refractivity (Wildman–Crippen MR) is 176 cm³/mol. The van der Waals surface area contributed by atoms with Crippen molar-refractivity contribution in [2.45, 2.75) is 32.0 Å². The van der Waals surface area contributed by atoms with E-state index >= 15 is 0 Å². The minimum Gasteiger partial charge on any atom is -0.378 e. The van der Waals surface area contributed by atoms with Gasteiger partial charge in [0.05, 0.1) is 31.7 Å². The van der Waals surface area contributed by atoms with Gasteiger partial charge in [0.2, 0.25) is 10.0 Å². The molecule has 2 aromatic carbocycles. The van der Waals surface area contributed by atoms with E-state index in [0.717, 1.165) is 42.9 Å². The van der Waals surface area contributed by atoms with Gasteiger partial charge in [-0.25, -0.2) is 23.2 Å². The zero-order valence-electron chi connectivity index (χ0n) is 26.4. The van der Waals surface area contributed by atoms with Gasteiger partial charge in [-0.05, 0) is 75.5 Å². The summed E-state index contributed by atoms with van der Waals surface area (Å²) in [6, 6.07) is 14.2. The van der Waals surface area contributed by atoms with E-state index in [1.54, 1.807) is 36.4 Å². The number of fused-ring (bicyclic) bond motifs is 1. The van der Waals surface area contributed by atoms with Crippen LogP contribution in [0.2, 0.25) is 0 Å². The van der Waals surface area contributed by atoms with Crippen molar-refractivity contribution in [1.82, 2.24) is 24.1 Å². The van der Waals surface area contributed by atoms with Crippen LogP contribution in [0, 0.1) is 0 Å². The molecule has 14 heteroatoms. The van der Waals surface area contributed by atoms with Crippen molar-refractivity contribution in [3.63, 3.8) is 0 Å². The number of ether oxygens (including phenoxy) is 1. The molecule has 2 fully saturated rings. The molecule has 0 aliphatic carbocycles. The molecule has 3 aromatic rings. The second kappa shape index (κ2) is 13.3. The number of aromatic nitrogens is 2. The maximum Gasteiger partial charge on any atom is 0.323 e. The molecule has 0 spiro atoms. The topological polar surface area (TPSA) is 140 Å². The number of nitrogens with one attached hydrogen (secondary N) is 2. The van der Waals surface area contributed by atoms with E-state index in [9.17, 15) is 18.0 Å². The number of anilines is 3. The number of sulfonamides is 1. The molecule has 1 aromatic heterocycles. The van der Waals surface area contributed by atoms with Crippen LogP contribution in [0.3, 0.4) is 0 Å². The number of urea groups is 1. The average molecular weight is 649 g/mol. The van der Waals surface area contributed by atoms with Crippen molar-refractivity contribution in [3.05, 3.63) is 65.4 Å². The van der Waals surface area contributed by atoms with Crippen molar-refractivity contribution in [2.75, 3.05) is 75.3 Å². The highest BCUT2D eigenvalue weighted by molar-refractivity contribution is 7.88. The lowest BCUT2D eigenvalue weighted by Crippen LogP contribution is -2.44. The number of nitrogens with zero attached hydrogens (tertiary/aromatic N) is 6. The Morgan fingerprint density at radius 1 is 0.870 bits per heavy atom. The number of carbonyl (C=O) groups is 2. The summed E-state index contributed by atoms with van der Waals surface area (Å²) in [5.74, 6) is 1.23. The van der Waals surface area contributed by atoms with Gasteiger partial charge < -0.3 is 30.1 Å². The molecule has 46 heavy (non-hydrogen) atoms. The zero-order chi connectivity index (χ0) is 32.4. The number of piperidine rings is 1. The number of rotatable bonds is 7. The summed E-state index contributed by atoms with van der Waals surface area (Å²) in [4.78, 5) is 41.5. The Bertz CT molecular complexity index is 1680. The van der Waals surface area contributed by atoms with E-state index in [1.807, 2.05) is 17.0 Å². The fourth-order valence-corrected chi connectivity index (χ4v) is 6.79. The number of benzene rings is 2. The lowest BCUT2D eigenvalue weighted by molar-refractivity contribution is 0.0663. The van der Waals surface area contributed by atoms with Crippen LogP contribution in [0.25, 0.3) is 11.4 Å². The van der Waals surface area contributed by atoms with E-state index in [-0.39, 0.29) is 19.0 Å². The molecule has 3 aliphatic rings. The minimum absolute atomic E-state index is 0.00503. The third-order valence-electron chi connectivity index (χ3n) is 8.78. The Kier molecular flexibility index (Phi) is 9.22. The molecule has 3 amide bonds. The first kappa shape index (κ1) is 31.9. The smallest absolute Gasteiger partial charge is 0.323 e. The van der Waals surface area contributed by atoms with Gasteiger partial charge in [-0.2, -0.15) is 4.31 Å². The van der Waals surface area contributed by atoms with Crippen LogP contribution in [0.15, 0.2) is 48.5 Å². The van der Waals surface area contributed by atoms with Crippen LogP contribution >= 0.6 is 0 Å². The molecular formula is C32H40N8O5S. The SMILES string of the molecule is CN(C)C1CCN(C(=O)c2ccc(NC(=O)Nc3ccc(-c4nc5c(c(N6CCOCC6)n4)CN(S(C)(=O)=O)C5)cc3)cc2)CC1. The van der Waals surface area contributed by atoms with E-state index in [1.165, 1.54) is 10.6 Å². The fraction of sp³-hybridized carbons (Fsp3) is 0.438. The van der Waals surface area contributed by atoms with Gasteiger partial charge in [0, 0.05) is 66.8 Å². The maximum absolute atomic E-state index is 13.0. The first-order chi connectivity index (χ1) is 22.0. The van der Waals surface area contributed by atoms with Crippen molar-refractivity contribution in [1.29, 1.82) is 0 Å². The summed E-state index contributed by atoms with van der Waals surface area (Å²) in [6.07, 6.45) is 3.12. The van der Waals surface area contributed by atoms with Crippen LogP contribution in [0.1, 0.15) is 34.5 Å². The highest BCUT2D eigenvalue weighted by atomic mass is 32.2. The van der Waals surface area contributed by atoms with E-state index in [2.05, 4.69) is 34.5 Å². The largest absolute Gasteiger partial charge is 0.378 e. The molecule has 0 atom stereocenters. The number of morpholine rings is 1. The van der Waals surface area contributed by atoms with E-state index in [0.29, 0.717) is 60.8 Å². The number of amides is 3. The average Bonchev–Trinajstić information content (AvgIpc) is 3.51. The van der Waals surface area contributed by atoms with Gasteiger partial charge in [0.1, 0.15) is 5.82 Å². The number of carbonyl (C=O) groups excluding carboxylic acids is 2. The molecule has 244 valence electrons.